The fraction of sp³-hybridized carbons (Fsp3) is 0.533. The third kappa shape index (κ3) is 1.66. The van der Waals surface area contributed by atoms with Gasteiger partial charge in [0, 0.05) is 12.1 Å². The summed E-state index contributed by atoms with van der Waals surface area (Å²) in [4.78, 5) is 3.34. The molecule has 1 aromatic heterocycles. The van der Waals surface area contributed by atoms with E-state index in [-0.39, 0.29) is 0 Å². The van der Waals surface area contributed by atoms with Crippen molar-refractivity contribution in [1.82, 2.24) is 9.55 Å². The summed E-state index contributed by atoms with van der Waals surface area (Å²) < 4.78 is 8.56. The summed E-state index contributed by atoms with van der Waals surface area (Å²) >= 11 is 5.55. The molecule has 3 nitrogen and oxygen atoms in total. The molecule has 19 heavy (non-hydrogen) atoms. The highest BCUT2D eigenvalue weighted by Gasteiger charge is 2.41. The van der Waals surface area contributed by atoms with Crippen LogP contribution in [0.15, 0.2) is 18.2 Å². The first-order valence-electron chi connectivity index (χ1n) is 7.04. The number of methoxy groups -OCH3 is 1. The zero-order valence-corrected chi connectivity index (χ0v) is 11.9. The standard InChI is InChI=1S/C15H18N2OS/c1-18-11-4-5-12-14(8-11)17(15(19)16-12)13-7-9-2-3-10(13)6-9/h4-5,8-10,13H,2-3,6-7H2,1H3,(H,16,19). The Morgan fingerprint density at radius 3 is 2.89 bits per heavy atom. The Balaban J connectivity index is 1.88. The molecule has 1 N–H and O–H groups in total. The number of rotatable bonds is 2. The van der Waals surface area contributed by atoms with Gasteiger partial charge in [-0.25, -0.2) is 0 Å². The molecule has 1 aromatic carbocycles. The predicted octanol–water partition coefficient (Wildman–Crippen LogP) is 4.07. The molecule has 2 fully saturated rings. The van der Waals surface area contributed by atoms with Crippen LogP contribution in [-0.4, -0.2) is 16.7 Å². The minimum absolute atomic E-state index is 0.590. The van der Waals surface area contributed by atoms with Gasteiger partial charge in [-0.2, -0.15) is 0 Å². The zero-order chi connectivity index (χ0) is 13.0. The number of aromatic nitrogens is 2. The number of nitrogens with zero attached hydrogens (tertiary/aromatic N) is 1. The van der Waals surface area contributed by atoms with Crippen LogP contribution in [0.5, 0.6) is 5.75 Å². The van der Waals surface area contributed by atoms with Gasteiger partial charge in [0.05, 0.1) is 18.1 Å². The van der Waals surface area contributed by atoms with Crippen LogP contribution in [0.2, 0.25) is 0 Å². The highest BCUT2D eigenvalue weighted by atomic mass is 32.1. The second-order valence-electron chi connectivity index (χ2n) is 5.93. The Kier molecular flexibility index (Phi) is 2.49. The van der Waals surface area contributed by atoms with E-state index in [9.17, 15) is 0 Å². The molecule has 1 heterocycles. The molecule has 2 bridgehead atoms. The van der Waals surface area contributed by atoms with Crippen LogP contribution in [0.25, 0.3) is 11.0 Å². The number of hydrogen-bond donors (Lipinski definition) is 1. The third-order valence-corrected chi connectivity index (χ3v) is 5.26. The number of fused-ring (bicyclic) bond motifs is 3. The van der Waals surface area contributed by atoms with Gasteiger partial charge >= 0.3 is 0 Å². The van der Waals surface area contributed by atoms with Gasteiger partial charge in [-0.3, -0.25) is 0 Å². The number of nitrogens with one attached hydrogen (secondary N) is 1. The van der Waals surface area contributed by atoms with Crippen molar-refractivity contribution in [3.05, 3.63) is 23.0 Å². The van der Waals surface area contributed by atoms with E-state index in [4.69, 9.17) is 17.0 Å². The van der Waals surface area contributed by atoms with E-state index in [1.165, 1.54) is 31.2 Å². The Hall–Kier alpha value is -1.29. The quantitative estimate of drug-likeness (QED) is 0.837. The molecule has 0 aliphatic heterocycles. The first kappa shape index (κ1) is 11.5. The monoisotopic (exact) mass is 274 g/mol. The molecule has 2 saturated carbocycles. The summed E-state index contributed by atoms with van der Waals surface area (Å²) in [6, 6.07) is 6.74. The van der Waals surface area contributed by atoms with Gasteiger partial charge in [0.15, 0.2) is 4.77 Å². The Morgan fingerprint density at radius 2 is 2.21 bits per heavy atom. The minimum Gasteiger partial charge on any atom is -0.497 e. The maximum Gasteiger partial charge on any atom is 0.178 e. The maximum atomic E-state index is 5.55. The van der Waals surface area contributed by atoms with Crippen molar-refractivity contribution in [3.63, 3.8) is 0 Å². The average molecular weight is 274 g/mol. The van der Waals surface area contributed by atoms with Gasteiger partial charge in [0.25, 0.3) is 0 Å². The van der Waals surface area contributed by atoms with E-state index >= 15 is 0 Å². The molecular formula is C15H18N2OS. The molecular weight excluding hydrogens is 256 g/mol. The Labute approximate surface area is 117 Å². The SMILES string of the molecule is COc1ccc2[nH]c(=S)n(C3CC4CCC3C4)c2c1. The molecule has 100 valence electrons. The first-order chi connectivity index (χ1) is 9.26. The fourth-order valence-corrected chi connectivity index (χ4v) is 4.43. The van der Waals surface area contributed by atoms with Crippen molar-refractivity contribution in [2.75, 3.05) is 7.11 Å². The lowest BCUT2D eigenvalue weighted by molar-refractivity contribution is 0.333. The first-order valence-corrected chi connectivity index (χ1v) is 7.45. The predicted molar refractivity (Wildman–Crippen MR) is 78.2 cm³/mol. The van der Waals surface area contributed by atoms with Crippen LogP contribution < -0.4 is 4.74 Å². The Bertz CT molecular complexity index is 687. The smallest absolute Gasteiger partial charge is 0.178 e. The van der Waals surface area contributed by atoms with Crippen LogP contribution in [0.1, 0.15) is 31.7 Å². The summed E-state index contributed by atoms with van der Waals surface area (Å²) in [5.74, 6) is 2.65. The normalized spacial score (nSPS) is 29.2. The number of aromatic amines is 1. The zero-order valence-electron chi connectivity index (χ0n) is 11.1. The molecule has 2 aromatic rings. The molecule has 3 unspecified atom stereocenters. The topological polar surface area (TPSA) is 29.9 Å². The van der Waals surface area contributed by atoms with Crippen molar-refractivity contribution in [3.8, 4) is 5.75 Å². The molecule has 4 rings (SSSR count). The number of ether oxygens (including phenoxy) is 1. The van der Waals surface area contributed by atoms with E-state index in [2.05, 4.69) is 21.7 Å². The van der Waals surface area contributed by atoms with Crippen LogP contribution in [-0.2, 0) is 0 Å². The lowest BCUT2D eigenvalue weighted by atomic mass is 9.95. The third-order valence-electron chi connectivity index (χ3n) is 4.96. The molecule has 0 radical (unpaired) electrons. The fourth-order valence-electron chi connectivity index (χ4n) is 4.08. The largest absolute Gasteiger partial charge is 0.497 e. The van der Waals surface area contributed by atoms with Gasteiger partial charge in [0.1, 0.15) is 5.75 Å². The van der Waals surface area contributed by atoms with Crippen molar-refractivity contribution in [2.24, 2.45) is 11.8 Å². The number of hydrogen-bond acceptors (Lipinski definition) is 2. The summed E-state index contributed by atoms with van der Waals surface area (Å²) in [7, 11) is 1.71. The van der Waals surface area contributed by atoms with Gasteiger partial charge in [-0.1, -0.05) is 6.42 Å². The number of imidazole rings is 1. The van der Waals surface area contributed by atoms with Crippen LogP contribution >= 0.6 is 12.2 Å². The van der Waals surface area contributed by atoms with Crippen molar-refractivity contribution >= 4 is 23.3 Å². The van der Waals surface area contributed by atoms with Crippen molar-refractivity contribution in [2.45, 2.75) is 31.7 Å². The molecule has 0 spiro atoms. The summed E-state index contributed by atoms with van der Waals surface area (Å²) in [5.41, 5.74) is 2.32. The van der Waals surface area contributed by atoms with Gasteiger partial charge in [-0.15, -0.1) is 0 Å². The molecule has 2 aliphatic carbocycles. The van der Waals surface area contributed by atoms with Crippen molar-refractivity contribution in [1.29, 1.82) is 0 Å². The Morgan fingerprint density at radius 1 is 1.32 bits per heavy atom. The van der Waals surface area contributed by atoms with Crippen LogP contribution in [0.4, 0.5) is 0 Å². The number of H-pyrrole nitrogens is 1. The van der Waals surface area contributed by atoms with Gasteiger partial charge in [0.2, 0.25) is 0 Å². The number of benzene rings is 1. The van der Waals surface area contributed by atoms with Gasteiger partial charge < -0.3 is 14.3 Å². The molecule has 0 saturated heterocycles. The highest BCUT2D eigenvalue weighted by molar-refractivity contribution is 7.71. The van der Waals surface area contributed by atoms with Crippen molar-refractivity contribution < 1.29 is 4.74 Å². The highest BCUT2D eigenvalue weighted by Crippen LogP contribution is 2.51. The minimum atomic E-state index is 0.590. The van der Waals surface area contributed by atoms with Gasteiger partial charge in [-0.05, 0) is 55.4 Å². The molecule has 3 atom stereocenters. The maximum absolute atomic E-state index is 5.55. The van der Waals surface area contributed by atoms with E-state index < -0.39 is 0 Å². The summed E-state index contributed by atoms with van der Waals surface area (Å²) in [6.45, 7) is 0. The van der Waals surface area contributed by atoms with E-state index in [0.29, 0.717) is 6.04 Å². The molecule has 0 amide bonds. The second-order valence-corrected chi connectivity index (χ2v) is 6.31. The van der Waals surface area contributed by atoms with Crippen LogP contribution in [0, 0.1) is 16.6 Å². The summed E-state index contributed by atoms with van der Waals surface area (Å²) in [5, 5.41) is 0. The lowest BCUT2D eigenvalue weighted by Gasteiger charge is -2.23. The van der Waals surface area contributed by atoms with Crippen LogP contribution in [0.3, 0.4) is 0 Å². The summed E-state index contributed by atoms with van der Waals surface area (Å²) in [6.07, 6.45) is 5.47. The average Bonchev–Trinajstić information content (AvgIpc) is 3.09. The second kappa shape index (κ2) is 4.10. The lowest BCUT2D eigenvalue weighted by Crippen LogP contribution is -2.16. The molecule has 4 heteroatoms. The van der Waals surface area contributed by atoms with E-state index in [0.717, 1.165) is 27.9 Å². The van der Waals surface area contributed by atoms with E-state index in [1.54, 1.807) is 7.11 Å². The van der Waals surface area contributed by atoms with E-state index in [1.807, 2.05) is 6.07 Å². The molecule has 2 aliphatic rings.